The zero-order chi connectivity index (χ0) is 13.7. The molecule has 2 heterocycles. The molecule has 2 aliphatic heterocycles. The summed E-state index contributed by atoms with van der Waals surface area (Å²) in [6, 6.07) is 6.40. The van der Waals surface area contributed by atoms with Crippen molar-refractivity contribution in [3.05, 3.63) is 29.3 Å². The van der Waals surface area contributed by atoms with E-state index in [-0.39, 0.29) is 16.7 Å². The van der Waals surface area contributed by atoms with Crippen LogP contribution < -0.4 is 5.32 Å². The molecule has 0 radical (unpaired) electrons. The molecule has 3 rings (SSSR count). The number of benzene rings is 1. The van der Waals surface area contributed by atoms with Gasteiger partial charge in [0, 0.05) is 18.9 Å². The average molecular weight is 259 g/mol. The van der Waals surface area contributed by atoms with Gasteiger partial charge in [-0.3, -0.25) is 4.79 Å². The van der Waals surface area contributed by atoms with Gasteiger partial charge < -0.3 is 10.1 Å². The third-order valence-electron chi connectivity index (χ3n) is 4.43. The zero-order valence-corrected chi connectivity index (χ0v) is 11.9. The summed E-state index contributed by atoms with van der Waals surface area (Å²) in [5.41, 5.74) is 3.20. The second-order valence-corrected chi connectivity index (χ2v) is 6.66. The van der Waals surface area contributed by atoms with Crippen LogP contribution in [0.25, 0.3) is 0 Å². The molecule has 102 valence electrons. The molecule has 1 fully saturated rings. The number of carbonyl (C=O) groups is 1. The Kier molecular flexibility index (Phi) is 2.72. The number of hydrogen-bond acceptors (Lipinski definition) is 2. The Bertz CT molecular complexity index is 522. The lowest BCUT2D eigenvalue weighted by Crippen LogP contribution is -2.40. The zero-order valence-electron chi connectivity index (χ0n) is 11.9. The summed E-state index contributed by atoms with van der Waals surface area (Å²) in [4.78, 5) is 12.4. The summed E-state index contributed by atoms with van der Waals surface area (Å²) in [5.74, 6) is 0.150. The molecule has 1 spiro atoms. The molecule has 19 heavy (non-hydrogen) atoms. The molecule has 0 saturated carbocycles. The summed E-state index contributed by atoms with van der Waals surface area (Å²) in [6.45, 7) is 7.96. The van der Waals surface area contributed by atoms with E-state index in [0.717, 1.165) is 18.5 Å². The molecular weight excluding hydrogens is 238 g/mol. The summed E-state index contributed by atoms with van der Waals surface area (Å²) in [6.07, 6.45) is 1.58. The van der Waals surface area contributed by atoms with Crippen LogP contribution in [0.2, 0.25) is 0 Å². The van der Waals surface area contributed by atoms with E-state index in [4.69, 9.17) is 4.74 Å². The summed E-state index contributed by atoms with van der Waals surface area (Å²) >= 11 is 0. The van der Waals surface area contributed by atoms with Crippen molar-refractivity contribution in [1.82, 2.24) is 0 Å². The molecule has 1 N–H and O–H groups in total. The van der Waals surface area contributed by atoms with Gasteiger partial charge in [-0.1, -0.05) is 32.9 Å². The van der Waals surface area contributed by atoms with Gasteiger partial charge in [0.25, 0.3) is 0 Å². The number of fused-ring (bicyclic) bond motifs is 2. The van der Waals surface area contributed by atoms with E-state index in [1.54, 1.807) is 0 Å². The van der Waals surface area contributed by atoms with E-state index in [1.165, 1.54) is 11.1 Å². The van der Waals surface area contributed by atoms with E-state index in [2.05, 4.69) is 44.3 Å². The number of carbonyl (C=O) groups excluding carboxylic acids is 1. The molecule has 3 nitrogen and oxygen atoms in total. The Morgan fingerprint density at radius 3 is 2.53 bits per heavy atom. The van der Waals surface area contributed by atoms with Gasteiger partial charge in [-0.2, -0.15) is 0 Å². The Morgan fingerprint density at radius 1 is 1.21 bits per heavy atom. The van der Waals surface area contributed by atoms with Crippen molar-refractivity contribution in [2.24, 2.45) is 0 Å². The molecule has 1 amide bonds. The van der Waals surface area contributed by atoms with Crippen LogP contribution >= 0.6 is 0 Å². The van der Waals surface area contributed by atoms with Crippen molar-refractivity contribution in [1.29, 1.82) is 0 Å². The second-order valence-electron chi connectivity index (χ2n) is 6.66. The Balaban J connectivity index is 2.11. The quantitative estimate of drug-likeness (QED) is 0.778. The maximum atomic E-state index is 12.4. The van der Waals surface area contributed by atoms with Gasteiger partial charge in [0.15, 0.2) is 0 Å². The maximum Gasteiger partial charge on any atom is 0.235 e. The number of anilines is 1. The standard InChI is InChI=1S/C16H21NO2/c1-15(2,3)11-4-5-13-12(10-11)16(14(18)17-13)6-8-19-9-7-16/h4-5,10H,6-9H2,1-3H3,(H,17,18). The third-order valence-corrected chi connectivity index (χ3v) is 4.43. The van der Waals surface area contributed by atoms with Crippen molar-refractivity contribution in [3.63, 3.8) is 0 Å². The van der Waals surface area contributed by atoms with Crippen LogP contribution in [-0.2, 0) is 20.4 Å². The summed E-state index contributed by atoms with van der Waals surface area (Å²) in [5, 5.41) is 3.04. The van der Waals surface area contributed by atoms with Crippen LogP contribution in [0, 0.1) is 0 Å². The Morgan fingerprint density at radius 2 is 1.89 bits per heavy atom. The average Bonchev–Trinajstić information content (AvgIpc) is 2.62. The molecule has 0 bridgehead atoms. The van der Waals surface area contributed by atoms with Crippen molar-refractivity contribution in [2.45, 2.75) is 44.4 Å². The second kappa shape index (κ2) is 4.07. The fourth-order valence-corrected chi connectivity index (χ4v) is 3.10. The van der Waals surface area contributed by atoms with E-state index in [0.29, 0.717) is 13.2 Å². The SMILES string of the molecule is CC(C)(C)c1ccc2c(c1)C1(CCOCC1)C(=O)N2. The lowest BCUT2D eigenvalue weighted by Gasteiger charge is -2.32. The predicted octanol–water partition coefficient (Wildman–Crippen LogP) is 2.98. The maximum absolute atomic E-state index is 12.4. The Hall–Kier alpha value is -1.35. The van der Waals surface area contributed by atoms with Crippen molar-refractivity contribution >= 4 is 11.6 Å². The summed E-state index contributed by atoms with van der Waals surface area (Å²) in [7, 11) is 0. The largest absolute Gasteiger partial charge is 0.381 e. The molecule has 3 heteroatoms. The highest BCUT2D eigenvalue weighted by Crippen LogP contribution is 2.45. The molecule has 0 aliphatic carbocycles. The Labute approximate surface area is 114 Å². The first-order valence-electron chi connectivity index (χ1n) is 6.98. The number of nitrogens with one attached hydrogen (secondary N) is 1. The van der Waals surface area contributed by atoms with Crippen LogP contribution in [0.3, 0.4) is 0 Å². The monoisotopic (exact) mass is 259 g/mol. The van der Waals surface area contributed by atoms with Gasteiger partial charge in [-0.05, 0) is 35.4 Å². The van der Waals surface area contributed by atoms with Crippen LogP contribution in [0.5, 0.6) is 0 Å². The van der Waals surface area contributed by atoms with Crippen LogP contribution in [-0.4, -0.2) is 19.1 Å². The molecule has 0 aromatic heterocycles. The van der Waals surface area contributed by atoms with Gasteiger partial charge in [0.1, 0.15) is 0 Å². The molecule has 0 atom stereocenters. The van der Waals surface area contributed by atoms with E-state index in [1.807, 2.05) is 0 Å². The normalized spacial score (nSPS) is 21.3. The fraction of sp³-hybridized carbons (Fsp3) is 0.562. The molecular formula is C16H21NO2. The van der Waals surface area contributed by atoms with Crippen LogP contribution in [0.4, 0.5) is 5.69 Å². The first-order chi connectivity index (χ1) is 8.93. The van der Waals surface area contributed by atoms with E-state index < -0.39 is 0 Å². The highest BCUT2D eigenvalue weighted by atomic mass is 16.5. The minimum atomic E-state index is -0.352. The number of ether oxygens (including phenoxy) is 1. The van der Waals surface area contributed by atoms with Gasteiger partial charge >= 0.3 is 0 Å². The van der Waals surface area contributed by atoms with Crippen LogP contribution in [0.1, 0.15) is 44.7 Å². The first-order valence-corrected chi connectivity index (χ1v) is 6.98. The highest BCUT2D eigenvalue weighted by Gasteiger charge is 2.47. The first kappa shape index (κ1) is 12.7. The smallest absolute Gasteiger partial charge is 0.235 e. The molecule has 0 unspecified atom stereocenters. The van der Waals surface area contributed by atoms with Crippen molar-refractivity contribution in [3.8, 4) is 0 Å². The molecule has 1 saturated heterocycles. The van der Waals surface area contributed by atoms with Crippen molar-refractivity contribution < 1.29 is 9.53 Å². The summed E-state index contributed by atoms with van der Waals surface area (Å²) < 4.78 is 5.44. The van der Waals surface area contributed by atoms with Crippen molar-refractivity contribution in [2.75, 3.05) is 18.5 Å². The molecule has 1 aromatic rings. The number of rotatable bonds is 0. The minimum absolute atomic E-state index is 0.104. The van der Waals surface area contributed by atoms with Gasteiger partial charge in [-0.25, -0.2) is 0 Å². The lowest BCUT2D eigenvalue weighted by atomic mass is 9.73. The highest BCUT2D eigenvalue weighted by molar-refractivity contribution is 6.06. The van der Waals surface area contributed by atoms with Crippen LogP contribution in [0.15, 0.2) is 18.2 Å². The van der Waals surface area contributed by atoms with Gasteiger partial charge in [-0.15, -0.1) is 0 Å². The number of hydrogen-bond donors (Lipinski definition) is 1. The van der Waals surface area contributed by atoms with E-state index >= 15 is 0 Å². The molecule has 2 aliphatic rings. The minimum Gasteiger partial charge on any atom is -0.381 e. The fourth-order valence-electron chi connectivity index (χ4n) is 3.10. The lowest BCUT2D eigenvalue weighted by molar-refractivity contribution is -0.124. The van der Waals surface area contributed by atoms with Gasteiger partial charge in [0.2, 0.25) is 5.91 Å². The van der Waals surface area contributed by atoms with Gasteiger partial charge in [0.05, 0.1) is 5.41 Å². The predicted molar refractivity (Wildman–Crippen MR) is 75.5 cm³/mol. The van der Waals surface area contributed by atoms with E-state index in [9.17, 15) is 4.79 Å². The number of amides is 1. The molecule has 1 aromatic carbocycles. The third kappa shape index (κ3) is 1.88. The topological polar surface area (TPSA) is 38.3 Å².